The topological polar surface area (TPSA) is 83.4 Å². The molecule has 0 unspecified atom stereocenters. The Bertz CT molecular complexity index is 456. The maximum Gasteiger partial charge on any atom is 0.406 e. The van der Waals surface area contributed by atoms with Crippen molar-refractivity contribution >= 4 is 11.9 Å². The number of aromatic nitrogens is 3. The van der Waals surface area contributed by atoms with Gasteiger partial charge in [0.1, 0.15) is 6.54 Å². The van der Waals surface area contributed by atoms with Crippen molar-refractivity contribution in [1.82, 2.24) is 15.0 Å². The van der Waals surface area contributed by atoms with Gasteiger partial charge in [0.15, 0.2) is 0 Å². The number of aliphatic hydroxyl groups excluding tert-OH is 1. The van der Waals surface area contributed by atoms with Crippen LogP contribution in [0.4, 0.5) is 25.1 Å². The molecule has 1 aromatic rings. The predicted octanol–water partition coefficient (Wildman–Crippen LogP) is 1.06. The number of alkyl halides is 3. The molecule has 0 aliphatic heterocycles. The Labute approximate surface area is 120 Å². The highest BCUT2D eigenvalue weighted by Crippen LogP contribution is 2.21. The second-order valence-corrected chi connectivity index (χ2v) is 4.42. The van der Waals surface area contributed by atoms with Crippen LogP contribution in [0.25, 0.3) is 0 Å². The second-order valence-electron chi connectivity index (χ2n) is 4.42. The fraction of sp³-hybridized carbons (Fsp3) is 0.727. The number of ether oxygens (including phenoxy) is 1. The maximum atomic E-state index is 12.6. The monoisotopic (exact) mass is 309 g/mol. The first kappa shape index (κ1) is 17.2. The minimum atomic E-state index is -4.44. The lowest BCUT2D eigenvalue weighted by atomic mass is 10.5. The Hall–Kier alpha value is -1.84. The molecule has 10 heteroatoms. The molecule has 2 N–H and O–H groups in total. The first-order chi connectivity index (χ1) is 9.75. The van der Waals surface area contributed by atoms with Crippen molar-refractivity contribution in [2.75, 3.05) is 37.0 Å². The summed E-state index contributed by atoms with van der Waals surface area (Å²) in [6.07, 6.45) is -4.68. The molecule has 0 spiro atoms. The molecule has 0 atom stereocenters. The third kappa shape index (κ3) is 5.98. The average Bonchev–Trinajstić information content (AvgIpc) is 2.35. The molecule has 7 nitrogen and oxygen atoms in total. The third-order valence-corrected chi connectivity index (χ3v) is 2.19. The molecular weight excluding hydrogens is 291 g/mol. The van der Waals surface area contributed by atoms with E-state index in [1.54, 1.807) is 13.8 Å². The number of anilines is 2. The Morgan fingerprint density at radius 3 is 2.43 bits per heavy atom. The molecule has 1 rings (SSSR count). The first-order valence-electron chi connectivity index (χ1n) is 6.28. The molecule has 0 bridgehead atoms. The molecule has 120 valence electrons. The van der Waals surface area contributed by atoms with Crippen LogP contribution in [0.15, 0.2) is 0 Å². The van der Waals surface area contributed by atoms with Crippen molar-refractivity contribution < 1.29 is 23.0 Å². The van der Waals surface area contributed by atoms with Crippen molar-refractivity contribution in [3.63, 3.8) is 0 Å². The summed E-state index contributed by atoms with van der Waals surface area (Å²) in [5.74, 6) is -0.128. The van der Waals surface area contributed by atoms with Crippen molar-refractivity contribution in [3.05, 3.63) is 0 Å². The number of aliphatic hydroxyl groups is 1. The maximum absolute atomic E-state index is 12.6. The Balaban J connectivity index is 3.10. The largest absolute Gasteiger partial charge is 0.461 e. The van der Waals surface area contributed by atoms with Gasteiger partial charge in [-0.05, 0) is 13.8 Å². The van der Waals surface area contributed by atoms with E-state index in [1.165, 1.54) is 7.05 Å². The van der Waals surface area contributed by atoms with E-state index in [0.29, 0.717) is 0 Å². The Morgan fingerprint density at radius 1 is 1.29 bits per heavy atom. The van der Waals surface area contributed by atoms with Crippen LogP contribution >= 0.6 is 0 Å². The van der Waals surface area contributed by atoms with E-state index >= 15 is 0 Å². The zero-order valence-electron chi connectivity index (χ0n) is 12.0. The average molecular weight is 309 g/mol. The molecule has 1 aromatic heterocycles. The van der Waals surface area contributed by atoms with E-state index in [0.717, 1.165) is 4.90 Å². The van der Waals surface area contributed by atoms with Gasteiger partial charge in [-0.3, -0.25) is 0 Å². The van der Waals surface area contributed by atoms with E-state index in [2.05, 4.69) is 20.3 Å². The van der Waals surface area contributed by atoms with Crippen LogP contribution in [0.5, 0.6) is 6.01 Å². The highest BCUT2D eigenvalue weighted by Gasteiger charge is 2.32. The predicted molar refractivity (Wildman–Crippen MR) is 70.5 cm³/mol. The number of nitrogens with one attached hydrogen (secondary N) is 1. The lowest BCUT2D eigenvalue weighted by molar-refractivity contribution is -0.120. The van der Waals surface area contributed by atoms with E-state index in [9.17, 15) is 13.2 Å². The molecular formula is C11H18F3N5O2. The number of nitrogens with zero attached hydrogens (tertiary/aromatic N) is 4. The second kappa shape index (κ2) is 7.25. The van der Waals surface area contributed by atoms with Crippen LogP contribution in [-0.4, -0.2) is 59.1 Å². The standard InChI is InChI=1S/C11H18F3N5O2/c1-7(2)21-10-17-8(15-3)16-9(18-10)19(4-5-20)6-11(12,13)14/h7,20H,4-6H2,1-3H3,(H,15,16,17,18). The third-order valence-electron chi connectivity index (χ3n) is 2.19. The minimum Gasteiger partial charge on any atom is -0.461 e. The van der Waals surface area contributed by atoms with Gasteiger partial charge >= 0.3 is 12.2 Å². The highest BCUT2D eigenvalue weighted by atomic mass is 19.4. The minimum absolute atomic E-state index is 0.0792. The van der Waals surface area contributed by atoms with Gasteiger partial charge in [-0.2, -0.15) is 28.1 Å². The molecule has 0 aliphatic rings. The van der Waals surface area contributed by atoms with Crippen LogP contribution in [0.1, 0.15) is 13.8 Å². The van der Waals surface area contributed by atoms with Gasteiger partial charge in [0, 0.05) is 13.6 Å². The molecule has 0 amide bonds. The summed E-state index contributed by atoms with van der Waals surface area (Å²) in [4.78, 5) is 12.4. The van der Waals surface area contributed by atoms with Gasteiger partial charge in [0.05, 0.1) is 12.7 Å². The molecule has 0 radical (unpaired) electrons. The van der Waals surface area contributed by atoms with Crippen molar-refractivity contribution in [1.29, 1.82) is 0 Å². The van der Waals surface area contributed by atoms with Gasteiger partial charge < -0.3 is 20.1 Å². The Morgan fingerprint density at radius 2 is 1.95 bits per heavy atom. The molecule has 1 heterocycles. The molecule has 0 aromatic carbocycles. The van der Waals surface area contributed by atoms with Crippen LogP contribution in [0.2, 0.25) is 0 Å². The van der Waals surface area contributed by atoms with E-state index < -0.39 is 19.3 Å². The van der Waals surface area contributed by atoms with E-state index in [-0.39, 0.29) is 30.6 Å². The van der Waals surface area contributed by atoms with Crippen LogP contribution in [0, 0.1) is 0 Å². The summed E-state index contributed by atoms with van der Waals surface area (Å²) in [5.41, 5.74) is 0. The zero-order valence-corrected chi connectivity index (χ0v) is 12.0. The van der Waals surface area contributed by atoms with Gasteiger partial charge in [-0.15, -0.1) is 0 Å². The van der Waals surface area contributed by atoms with Crippen molar-refractivity contribution in [2.24, 2.45) is 0 Å². The van der Waals surface area contributed by atoms with Crippen LogP contribution in [0.3, 0.4) is 0 Å². The lowest BCUT2D eigenvalue weighted by Gasteiger charge is -2.23. The molecule has 21 heavy (non-hydrogen) atoms. The van der Waals surface area contributed by atoms with Gasteiger partial charge in [0.2, 0.25) is 11.9 Å². The number of rotatable bonds is 7. The molecule has 0 aliphatic carbocycles. The normalized spacial score (nSPS) is 11.6. The fourth-order valence-corrected chi connectivity index (χ4v) is 1.45. The number of hydrogen-bond donors (Lipinski definition) is 2. The molecule has 0 saturated carbocycles. The Kier molecular flexibility index (Phi) is 5.94. The molecule has 0 saturated heterocycles. The summed E-state index contributed by atoms with van der Waals surface area (Å²) < 4.78 is 43.0. The van der Waals surface area contributed by atoms with Crippen molar-refractivity contribution in [2.45, 2.75) is 26.1 Å². The number of halogens is 3. The summed E-state index contributed by atoms with van der Waals surface area (Å²) in [7, 11) is 1.53. The molecule has 0 fully saturated rings. The van der Waals surface area contributed by atoms with Crippen LogP contribution < -0.4 is 15.0 Å². The van der Waals surface area contributed by atoms with Gasteiger partial charge in [-0.25, -0.2) is 0 Å². The first-order valence-corrected chi connectivity index (χ1v) is 6.28. The smallest absolute Gasteiger partial charge is 0.406 e. The summed E-state index contributed by atoms with van der Waals surface area (Å²) in [6.45, 7) is 1.49. The van der Waals surface area contributed by atoms with E-state index in [4.69, 9.17) is 9.84 Å². The quantitative estimate of drug-likeness (QED) is 0.779. The highest BCUT2D eigenvalue weighted by molar-refractivity contribution is 5.38. The summed E-state index contributed by atoms with van der Waals surface area (Å²) in [6, 6.07) is -0.0792. The lowest BCUT2D eigenvalue weighted by Crippen LogP contribution is -2.37. The van der Waals surface area contributed by atoms with Gasteiger partial charge in [0.25, 0.3) is 0 Å². The zero-order chi connectivity index (χ0) is 16.0. The van der Waals surface area contributed by atoms with E-state index in [1.807, 2.05) is 0 Å². The summed E-state index contributed by atoms with van der Waals surface area (Å²) in [5, 5.41) is 11.5. The summed E-state index contributed by atoms with van der Waals surface area (Å²) >= 11 is 0. The van der Waals surface area contributed by atoms with Gasteiger partial charge in [-0.1, -0.05) is 0 Å². The van der Waals surface area contributed by atoms with Crippen LogP contribution in [-0.2, 0) is 0 Å². The number of hydrogen-bond acceptors (Lipinski definition) is 7. The SMILES string of the molecule is CNc1nc(OC(C)C)nc(N(CCO)CC(F)(F)F)n1. The van der Waals surface area contributed by atoms with Crippen molar-refractivity contribution in [3.8, 4) is 6.01 Å². The fourth-order valence-electron chi connectivity index (χ4n) is 1.45.